The molecule has 0 saturated carbocycles. The summed E-state index contributed by atoms with van der Waals surface area (Å²) in [5.74, 6) is -3.87. The van der Waals surface area contributed by atoms with Gasteiger partial charge in [0.1, 0.15) is 22.6 Å². The van der Waals surface area contributed by atoms with Gasteiger partial charge in [0.2, 0.25) is 0 Å². The second-order valence-corrected chi connectivity index (χ2v) is 24.3. The van der Waals surface area contributed by atoms with E-state index in [0.29, 0.717) is 50.2 Å². The van der Waals surface area contributed by atoms with Gasteiger partial charge in [-0.15, -0.1) is 37.2 Å². The molecule has 16 nitrogen and oxygen atoms in total. The monoisotopic (exact) mass is 1200 g/mol. The molecule has 4 aliphatic rings. The molecular formula is C57H91Cl3F4N8O8. The van der Waals surface area contributed by atoms with Crippen LogP contribution < -0.4 is 21.7 Å². The lowest BCUT2D eigenvalue weighted by Crippen LogP contribution is -2.44. The third-order valence-electron chi connectivity index (χ3n) is 13.3. The number of nitrogens with zero attached hydrogens (tertiary/aromatic N) is 4. The number of carbonyl (C=O) groups excluding carboxylic acids is 3. The van der Waals surface area contributed by atoms with Crippen LogP contribution in [0.25, 0.3) is 0 Å². The van der Waals surface area contributed by atoms with Crippen LogP contribution in [0.4, 0.5) is 31.9 Å². The van der Waals surface area contributed by atoms with E-state index in [1.165, 1.54) is 36.4 Å². The zero-order valence-electron chi connectivity index (χ0n) is 48.6. The van der Waals surface area contributed by atoms with Crippen molar-refractivity contribution in [2.45, 2.75) is 168 Å². The maximum absolute atomic E-state index is 15.4. The maximum Gasteiger partial charge on any atom is 0.413 e. The SMILES string of the molecule is CC1CC(N)=NC(C[C@@H]2CNC[C@@H]2OCCNCC(F)(F)c2ccccc2)C1.CC1CC(NC(=O)OC(C)(C)C)=NC(C[C@@H]2CN(C(=O)OC(C)(C)C)C[C@@H]2OCCN(CC(F)(F)c2ccccc2)C(=O)OC(C)(C)C)C1.Cl.Cl.Cl. The Morgan fingerprint density at radius 1 is 0.688 bits per heavy atom. The molecule has 2 aromatic rings. The quantitative estimate of drug-likeness (QED) is 0.0631. The van der Waals surface area contributed by atoms with Crippen LogP contribution in [0.2, 0.25) is 0 Å². The number of likely N-dealkylation sites (tertiary alicyclic amines) is 1. The topological polar surface area (TPSA) is 191 Å². The van der Waals surface area contributed by atoms with Crippen molar-refractivity contribution in [3.8, 4) is 0 Å². The van der Waals surface area contributed by atoms with E-state index in [-0.39, 0.29) is 105 Å². The number of amides is 3. The molecule has 2 saturated heterocycles. The average Bonchev–Trinajstić information content (AvgIpc) is 3.93. The molecule has 2 fully saturated rings. The number of hydrogen-bond donors (Lipinski definition) is 4. The zero-order valence-corrected chi connectivity index (χ0v) is 51.0. The van der Waals surface area contributed by atoms with Gasteiger partial charge in [-0.2, -0.15) is 17.6 Å². The molecule has 6 rings (SSSR count). The number of nitrogens with one attached hydrogen (secondary N) is 3. The van der Waals surface area contributed by atoms with E-state index in [9.17, 15) is 23.2 Å². The van der Waals surface area contributed by atoms with Gasteiger partial charge in [-0.3, -0.25) is 20.2 Å². The van der Waals surface area contributed by atoms with E-state index in [1.54, 1.807) is 91.5 Å². The average molecular weight is 1200 g/mol. The van der Waals surface area contributed by atoms with E-state index in [0.717, 1.165) is 49.5 Å². The highest BCUT2D eigenvalue weighted by Gasteiger charge is 2.42. The maximum atomic E-state index is 15.4. The van der Waals surface area contributed by atoms with Crippen molar-refractivity contribution >= 4 is 67.2 Å². The number of alkyl carbamates (subject to hydrolysis) is 1. The van der Waals surface area contributed by atoms with Crippen LogP contribution in [0.5, 0.6) is 0 Å². The first-order valence-corrected chi connectivity index (χ1v) is 27.3. The lowest BCUT2D eigenvalue weighted by molar-refractivity contribution is -0.0561. The highest BCUT2D eigenvalue weighted by molar-refractivity contribution is 5.96. The molecule has 3 amide bonds. The standard InChI is InChI=1S/C36H56F2N4O7.C21H32F2N4O.3ClH/c1-24-18-27(39-29(19-24)40-30(43)47-33(2,3)4)20-25-21-42(32(45)49-35(8,9)10)22-28(25)46-17-16-41(31(44)48-34(5,6)7)23-36(37,38)26-14-12-11-13-15-26;1-15-9-18(27-20(24)10-15)11-16-12-26-13-19(16)28-8-7-25-14-21(22,23)17-5-3-2-4-6-17;;;/h11-15,24-25,27-28H,16-23H2,1-10H3,(H,39,40,43);2-6,15-16,18-19,25-26H,7-14H2,1H3,(H2,24,27);3*1H/t24?,25-,27?,28+;15?,16-,18?,19+;;;/m11.../s1. The smallest absolute Gasteiger partial charge is 0.413 e. The Bertz CT molecular complexity index is 2260. The van der Waals surface area contributed by atoms with E-state index in [1.807, 2.05) is 0 Å². The molecule has 80 heavy (non-hydrogen) atoms. The van der Waals surface area contributed by atoms with E-state index in [2.05, 4.69) is 34.8 Å². The Morgan fingerprint density at radius 2 is 1.23 bits per heavy atom. The first-order valence-electron chi connectivity index (χ1n) is 27.3. The van der Waals surface area contributed by atoms with Gasteiger partial charge in [0.05, 0.1) is 63.0 Å². The highest BCUT2D eigenvalue weighted by atomic mass is 35.5. The summed E-state index contributed by atoms with van der Waals surface area (Å²) >= 11 is 0. The number of rotatable bonds is 18. The molecule has 5 N–H and O–H groups in total. The molecule has 4 unspecified atom stereocenters. The Kier molecular flexibility index (Phi) is 28.8. The number of carbonyl (C=O) groups is 3. The molecule has 0 aliphatic carbocycles. The molecule has 0 bridgehead atoms. The molecule has 456 valence electrons. The second kappa shape index (κ2) is 32.0. The second-order valence-electron chi connectivity index (χ2n) is 24.3. The predicted molar refractivity (Wildman–Crippen MR) is 312 cm³/mol. The summed E-state index contributed by atoms with van der Waals surface area (Å²) in [7, 11) is 0. The lowest BCUT2D eigenvalue weighted by atomic mass is 9.88. The number of amidine groups is 2. The third-order valence-corrected chi connectivity index (χ3v) is 13.3. The molecule has 0 spiro atoms. The van der Waals surface area contributed by atoms with Crippen molar-refractivity contribution in [3.63, 3.8) is 0 Å². The molecule has 4 aliphatic heterocycles. The van der Waals surface area contributed by atoms with E-state index < -0.39 is 59.6 Å². The normalized spacial score (nSPS) is 23.3. The van der Waals surface area contributed by atoms with Crippen LogP contribution >= 0.6 is 37.2 Å². The molecule has 23 heteroatoms. The van der Waals surface area contributed by atoms with Crippen molar-refractivity contribution in [3.05, 3.63) is 71.8 Å². The number of benzene rings is 2. The van der Waals surface area contributed by atoms with Crippen LogP contribution in [-0.4, -0.2) is 146 Å². The summed E-state index contributed by atoms with van der Waals surface area (Å²) < 4.78 is 87.8. The van der Waals surface area contributed by atoms with Gasteiger partial charge in [-0.1, -0.05) is 74.5 Å². The summed E-state index contributed by atoms with van der Waals surface area (Å²) in [5, 5.41) is 8.99. The van der Waals surface area contributed by atoms with Crippen molar-refractivity contribution < 1.29 is 55.6 Å². The molecular weight excluding hydrogens is 1110 g/mol. The van der Waals surface area contributed by atoms with Crippen LogP contribution in [-0.2, 0) is 35.5 Å². The van der Waals surface area contributed by atoms with Gasteiger partial charge in [0, 0.05) is 68.5 Å². The predicted octanol–water partition coefficient (Wildman–Crippen LogP) is 11.2. The number of alkyl halides is 4. The van der Waals surface area contributed by atoms with Crippen LogP contribution in [0.1, 0.15) is 126 Å². The Labute approximate surface area is 490 Å². The summed E-state index contributed by atoms with van der Waals surface area (Å²) in [6.07, 6.45) is 2.55. The van der Waals surface area contributed by atoms with Crippen molar-refractivity contribution in [1.29, 1.82) is 0 Å². The largest absolute Gasteiger partial charge is 0.444 e. The summed E-state index contributed by atoms with van der Waals surface area (Å²) in [5.41, 5.74) is 3.53. The summed E-state index contributed by atoms with van der Waals surface area (Å²) in [6.45, 7) is 21.7. The molecule has 0 aromatic heterocycles. The van der Waals surface area contributed by atoms with Gasteiger partial charge in [-0.05, 0) is 99.8 Å². The lowest BCUT2D eigenvalue weighted by Gasteiger charge is -2.31. The first-order chi connectivity index (χ1) is 35.9. The minimum absolute atomic E-state index is 0. The van der Waals surface area contributed by atoms with Crippen LogP contribution in [0.15, 0.2) is 70.6 Å². The first kappa shape index (κ1) is 71.9. The Hall–Kier alpha value is -4.18. The molecule has 2 aromatic carbocycles. The van der Waals surface area contributed by atoms with Crippen LogP contribution in [0, 0.1) is 23.7 Å². The number of hydrogen-bond acceptors (Lipinski definition) is 13. The van der Waals surface area contributed by atoms with Crippen LogP contribution in [0.3, 0.4) is 0 Å². The molecule has 0 radical (unpaired) electrons. The van der Waals surface area contributed by atoms with Gasteiger partial charge >= 0.3 is 18.3 Å². The Balaban J connectivity index is 0.000000600. The van der Waals surface area contributed by atoms with Gasteiger partial charge < -0.3 is 45.0 Å². The number of ether oxygens (including phenoxy) is 5. The van der Waals surface area contributed by atoms with Gasteiger partial charge in [0.15, 0.2) is 0 Å². The fourth-order valence-corrected chi connectivity index (χ4v) is 10.0. The van der Waals surface area contributed by atoms with E-state index >= 15 is 8.78 Å². The number of aliphatic imine (C=N–C) groups is 2. The minimum Gasteiger partial charge on any atom is -0.444 e. The number of halogens is 7. The van der Waals surface area contributed by atoms with Gasteiger partial charge in [-0.25, -0.2) is 14.4 Å². The minimum atomic E-state index is -3.33. The van der Waals surface area contributed by atoms with Crippen molar-refractivity contribution in [2.75, 3.05) is 65.6 Å². The fourth-order valence-electron chi connectivity index (χ4n) is 10.0. The summed E-state index contributed by atoms with van der Waals surface area (Å²) in [6, 6.07) is 15.3. The highest BCUT2D eigenvalue weighted by Crippen LogP contribution is 2.34. The van der Waals surface area contributed by atoms with Gasteiger partial charge in [0.25, 0.3) is 11.8 Å². The molecule has 8 atom stereocenters. The van der Waals surface area contributed by atoms with E-state index in [4.69, 9.17) is 34.4 Å². The summed E-state index contributed by atoms with van der Waals surface area (Å²) in [4.78, 5) is 50.6. The fraction of sp³-hybridized carbons (Fsp3) is 0.702. The zero-order chi connectivity index (χ0) is 56.8. The van der Waals surface area contributed by atoms with Crippen molar-refractivity contribution in [1.82, 2.24) is 25.8 Å². The molecule has 4 heterocycles. The Morgan fingerprint density at radius 3 is 1.80 bits per heavy atom. The third kappa shape index (κ3) is 25.1. The van der Waals surface area contributed by atoms with Crippen molar-refractivity contribution in [2.24, 2.45) is 39.4 Å². The number of nitrogens with two attached hydrogens (primary N) is 1.